The maximum atomic E-state index is 5.67. The topological polar surface area (TPSA) is 39.5 Å². The van der Waals surface area contributed by atoms with Gasteiger partial charge in [-0.05, 0) is 31.2 Å². The molecule has 3 aromatic carbocycles. The molecule has 0 saturated carbocycles. The number of nitrogens with zero attached hydrogens (tertiary/aromatic N) is 3. The van der Waals surface area contributed by atoms with E-state index >= 15 is 0 Å². The van der Waals surface area contributed by atoms with Crippen molar-refractivity contribution in [3.05, 3.63) is 90.1 Å². The third-order valence-corrected chi connectivity index (χ3v) is 6.59. The van der Waals surface area contributed by atoms with Crippen molar-refractivity contribution in [2.24, 2.45) is 0 Å². The average Bonchev–Trinajstić information content (AvgIpc) is 3.30. The molecule has 0 aliphatic carbocycles. The molecular weight excluding hydrogens is 446 g/mol. The van der Waals surface area contributed by atoms with Crippen molar-refractivity contribution in [2.75, 3.05) is 20.8 Å². The number of aromatic nitrogens is 2. The quantitative estimate of drug-likeness (QED) is 0.216. The summed E-state index contributed by atoms with van der Waals surface area (Å²) >= 11 is 0. The minimum absolute atomic E-state index is 0.755. The van der Waals surface area contributed by atoms with Crippen LogP contribution in [0, 0.1) is 0 Å². The van der Waals surface area contributed by atoms with Gasteiger partial charge in [0.05, 0.1) is 25.6 Å². The summed E-state index contributed by atoms with van der Waals surface area (Å²) < 4.78 is 13.6. The molecule has 4 aromatic rings. The summed E-state index contributed by atoms with van der Waals surface area (Å²) in [6, 6.07) is 27.1. The fourth-order valence-corrected chi connectivity index (χ4v) is 4.58. The second-order valence-electron chi connectivity index (χ2n) is 8.95. The third-order valence-electron chi connectivity index (χ3n) is 6.59. The predicted molar refractivity (Wildman–Crippen MR) is 147 cm³/mol. The van der Waals surface area contributed by atoms with Crippen molar-refractivity contribution in [1.82, 2.24) is 14.5 Å². The lowest BCUT2D eigenvalue weighted by atomic mass is 10.1. The van der Waals surface area contributed by atoms with Crippen molar-refractivity contribution in [3.63, 3.8) is 0 Å². The Kier molecular flexibility index (Phi) is 8.80. The van der Waals surface area contributed by atoms with E-state index < -0.39 is 0 Å². The highest BCUT2D eigenvalue weighted by atomic mass is 16.5. The van der Waals surface area contributed by atoms with Gasteiger partial charge in [0, 0.05) is 36.3 Å². The molecule has 1 heterocycles. The van der Waals surface area contributed by atoms with Crippen molar-refractivity contribution in [3.8, 4) is 34.1 Å². The van der Waals surface area contributed by atoms with Gasteiger partial charge in [-0.15, -0.1) is 0 Å². The molecule has 0 amide bonds. The van der Waals surface area contributed by atoms with Crippen molar-refractivity contribution < 1.29 is 9.47 Å². The number of hydrogen-bond donors (Lipinski definition) is 0. The second kappa shape index (κ2) is 12.4. The summed E-state index contributed by atoms with van der Waals surface area (Å²) in [5.74, 6) is 2.75. The second-order valence-corrected chi connectivity index (χ2v) is 8.95. The molecule has 188 valence electrons. The van der Waals surface area contributed by atoms with E-state index in [-0.39, 0.29) is 0 Å². The minimum Gasteiger partial charge on any atom is -0.497 e. The first kappa shape index (κ1) is 25.5. The fourth-order valence-electron chi connectivity index (χ4n) is 4.58. The molecule has 0 aliphatic rings. The summed E-state index contributed by atoms with van der Waals surface area (Å²) in [6.07, 6.45) is 2.23. The van der Waals surface area contributed by atoms with Crippen LogP contribution < -0.4 is 9.47 Å². The van der Waals surface area contributed by atoms with Crippen LogP contribution in [0.2, 0.25) is 0 Å². The molecular formula is C31H37N3O2. The molecule has 4 rings (SSSR count). The standard InChI is InChI=1S/C31H37N3O2/c1-5-7-20-34-28(23-33(6-2)22-26-21-27(35-3)18-19-29(26)36-4)30(24-14-10-8-11-15-24)32-31(34)25-16-12-9-13-17-25/h8-19,21H,5-7,20,22-23H2,1-4H3. The molecule has 0 radical (unpaired) electrons. The summed E-state index contributed by atoms with van der Waals surface area (Å²) in [5.41, 5.74) is 5.71. The van der Waals surface area contributed by atoms with Crippen LogP contribution in [0.5, 0.6) is 11.5 Å². The van der Waals surface area contributed by atoms with E-state index in [9.17, 15) is 0 Å². The summed E-state index contributed by atoms with van der Waals surface area (Å²) in [4.78, 5) is 7.69. The van der Waals surface area contributed by atoms with Crippen LogP contribution >= 0.6 is 0 Å². The van der Waals surface area contributed by atoms with E-state index in [4.69, 9.17) is 14.5 Å². The smallest absolute Gasteiger partial charge is 0.140 e. The molecule has 0 spiro atoms. The Hall–Kier alpha value is -3.57. The maximum absolute atomic E-state index is 5.67. The lowest BCUT2D eigenvalue weighted by Crippen LogP contribution is -2.25. The van der Waals surface area contributed by atoms with Gasteiger partial charge in [0.25, 0.3) is 0 Å². The summed E-state index contributed by atoms with van der Waals surface area (Å²) in [6.45, 7) is 7.82. The number of hydrogen-bond acceptors (Lipinski definition) is 4. The molecule has 0 N–H and O–H groups in total. The Morgan fingerprint density at radius 3 is 2.11 bits per heavy atom. The number of benzene rings is 3. The Morgan fingerprint density at radius 1 is 0.806 bits per heavy atom. The van der Waals surface area contributed by atoms with Gasteiger partial charge in [-0.2, -0.15) is 0 Å². The molecule has 0 unspecified atom stereocenters. The first-order valence-electron chi connectivity index (χ1n) is 12.8. The molecule has 5 heteroatoms. The van der Waals surface area contributed by atoms with Crippen LogP contribution in [0.25, 0.3) is 22.6 Å². The molecule has 1 aromatic heterocycles. The molecule has 0 fully saturated rings. The van der Waals surface area contributed by atoms with Crippen LogP contribution in [-0.4, -0.2) is 35.2 Å². The largest absolute Gasteiger partial charge is 0.497 e. The third kappa shape index (κ3) is 5.80. The number of imidazole rings is 1. The van der Waals surface area contributed by atoms with Gasteiger partial charge in [0.1, 0.15) is 17.3 Å². The van der Waals surface area contributed by atoms with Crippen LogP contribution in [0.15, 0.2) is 78.9 Å². The van der Waals surface area contributed by atoms with Crippen LogP contribution in [0.3, 0.4) is 0 Å². The predicted octanol–water partition coefficient (Wildman–Crippen LogP) is 7.06. The maximum Gasteiger partial charge on any atom is 0.140 e. The van der Waals surface area contributed by atoms with Gasteiger partial charge >= 0.3 is 0 Å². The first-order chi connectivity index (χ1) is 17.7. The van der Waals surface area contributed by atoms with E-state index in [1.165, 1.54) is 5.69 Å². The Labute approximate surface area is 215 Å². The molecule has 0 bridgehead atoms. The number of unbranched alkanes of at least 4 members (excludes halogenated alkanes) is 1. The number of rotatable bonds is 12. The Morgan fingerprint density at radius 2 is 1.50 bits per heavy atom. The number of ether oxygens (including phenoxy) is 2. The Balaban J connectivity index is 1.79. The van der Waals surface area contributed by atoms with E-state index in [1.54, 1.807) is 14.2 Å². The number of methoxy groups -OCH3 is 2. The lowest BCUT2D eigenvalue weighted by molar-refractivity contribution is 0.259. The minimum atomic E-state index is 0.755. The molecule has 0 saturated heterocycles. The highest BCUT2D eigenvalue weighted by Crippen LogP contribution is 2.32. The van der Waals surface area contributed by atoms with E-state index in [1.807, 2.05) is 12.1 Å². The average molecular weight is 484 g/mol. The fraction of sp³-hybridized carbons (Fsp3) is 0.323. The summed E-state index contributed by atoms with van der Waals surface area (Å²) in [7, 11) is 3.42. The van der Waals surface area contributed by atoms with E-state index in [0.29, 0.717) is 0 Å². The van der Waals surface area contributed by atoms with Gasteiger partial charge in [0.15, 0.2) is 0 Å². The monoisotopic (exact) mass is 483 g/mol. The lowest BCUT2D eigenvalue weighted by Gasteiger charge is -2.24. The highest BCUT2D eigenvalue weighted by molar-refractivity contribution is 5.68. The SMILES string of the molecule is CCCCn1c(-c2ccccc2)nc(-c2ccccc2)c1CN(CC)Cc1cc(OC)ccc1OC. The zero-order valence-corrected chi connectivity index (χ0v) is 21.9. The van der Waals surface area contributed by atoms with Crippen LogP contribution in [0.1, 0.15) is 37.9 Å². The Bertz CT molecular complexity index is 1240. The first-order valence-corrected chi connectivity index (χ1v) is 12.8. The van der Waals surface area contributed by atoms with Gasteiger partial charge < -0.3 is 14.0 Å². The van der Waals surface area contributed by atoms with Gasteiger partial charge in [-0.3, -0.25) is 4.90 Å². The highest BCUT2D eigenvalue weighted by Gasteiger charge is 2.22. The molecule has 36 heavy (non-hydrogen) atoms. The zero-order valence-electron chi connectivity index (χ0n) is 21.9. The van der Waals surface area contributed by atoms with Crippen molar-refractivity contribution >= 4 is 0 Å². The molecule has 0 atom stereocenters. The van der Waals surface area contributed by atoms with Gasteiger partial charge in [0.2, 0.25) is 0 Å². The van der Waals surface area contributed by atoms with Gasteiger partial charge in [-0.25, -0.2) is 4.98 Å². The van der Waals surface area contributed by atoms with Crippen LogP contribution in [0.4, 0.5) is 0 Å². The summed E-state index contributed by atoms with van der Waals surface area (Å²) in [5, 5.41) is 0. The van der Waals surface area contributed by atoms with E-state index in [0.717, 1.165) is 78.7 Å². The molecule has 0 aliphatic heterocycles. The van der Waals surface area contributed by atoms with Crippen molar-refractivity contribution in [2.45, 2.75) is 46.3 Å². The zero-order chi connectivity index (χ0) is 25.3. The van der Waals surface area contributed by atoms with Crippen molar-refractivity contribution in [1.29, 1.82) is 0 Å². The van der Waals surface area contributed by atoms with Crippen LogP contribution in [-0.2, 0) is 19.6 Å². The molecule has 5 nitrogen and oxygen atoms in total. The van der Waals surface area contributed by atoms with Gasteiger partial charge in [-0.1, -0.05) is 80.9 Å². The normalized spacial score (nSPS) is 11.1. The van der Waals surface area contributed by atoms with E-state index in [2.05, 4.69) is 90.0 Å².